The van der Waals surface area contributed by atoms with Gasteiger partial charge in [0, 0.05) is 5.69 Å². The quantitative estimate of drug-likeness (QED) is 0.617. The summed E-state index contributed by atoms with van der Waals surface area (Å²) in [5.74, 6) is -0.787. The number of hydrogen-bond acceptors (Lipinski definition) is 2. The monoisotopic (exact) mass is 393 g/mol. The fraction of sp³-hybridized carbons (Fsp3) is 0.0909. The topological polar surface area (TPSA) is 58.4 Å². The molecule has 6 heteroatoms. The molecule has 3 N–H and O–H groups in total. The SMILES string of the molecule is Cc1ccccc1N(C(=S)Nc1cccc(F)c1)c1ccccc1CC(N)=O. The van der Waals surface area contributed by atoms with Crippen LogP contribution in [-0.2, 0) is 11.2 Å². The van der Waals surface area contributed by atoms with Crippen molar-refractivity contribution in [2.24, 2.45) is 5.73 Å². The van der Waals surface area contributed by atoms with Crippen LogP contribution >= 0.6 is 12.2 Å². The molecular weight excluding hydrogens is 373 g/mol. The van der Waals surface area contributed by atoms with E-state index < -0.39 is 5.91 Å². The molecule has 0 unspecified atom stereocenters. The van der Waals surface area contributed by atoms with E-state index in [1.165, 1.54) is 12.1 Å². The Hall–Kier alpha value is -3.25. The molecule has 0 radical (unpaired) electrons. The number of hydrogen-bond donors (Lipinski definition) is 2. The number of rotatable bonds is 5. The van der Waals surface area contributed by atoms with E-state index in [0.29, 0.717) is 10.8 Å². The van der Waals surface area contributed by atoms with Crippen molar-refractivity contribution in [1.29, 1.82) is 0 Å². The van der Waals surface area contributed by atoms with Gasteiger partial charge in [0.2, 0.25) is 5.91 Å². The van der Waals surface area contributed by atoms with Gasteiger partial charge in [0.25, 0.3) is 0 Å². The number of para-hydroxylation sites is 2. The van der Waals surface area contributed by atoms with E-state index in [-0.39, 0.29) is 12.2 Å². The highest BCUT2D eigenvalue weighted by atomic mass is 32.1. The van der Waals surface area contributed by atoms with Crippen molar-refractivity contribution in [3.63, 3.8) is 0 Å². The summed E-state index contributed by atoms with van der Waals surface area (Å²) in [6, 6.07) is 21.3. The van der Waals surface area contributed by atoms with Crippen molar-refractivity contribution in [1.82, 2.24) is 0 Å². The van der Waals surface area contributed by atoms with Gasteiger partial charge < -0.3 is 11.1 Å². The number of carbonyl (C=O) groups is 1. The van der Waals surface area contributed by atoms with E-state index in [1.54, 1.807) is 12.1 Å². The smallest absolute Gasteiger partial charge is 0.221 e. The summed E-state index contributed by atoms with van der Waals surface area (Å²) < 4.78 is 13.6. The maximum Gasteiger partial charge on any atom is 0.221 e. The van der Waals surface area contributed by atoms with Gasteiger partial charge in [-0.15, -0.1) is 0 Å². The molecule has 3 aromatic carbocycles. The molecular formula is C22H20FN3OS. The molecule has 0 aliphatic rings. The number of amides is 1. The van der Waals surface area contributed by atoms with E-state index >= 15 is 0 Å². The Balaban J connectivity index is 2.08. The van der Waals surface area contributed by atoms with Crippen LogP contribution in [0.1, 0.15) is 11.1 Å². The Bertz CT molecular complexity index is 1020. The van der Waals surface area contributed by atoms with Crippen molar-refractivity contribution >= 4 is 40.3 Å². The molecule has 1 amide bonds. The first kappa shape index (κ1) is 19.5. The summed E-state index contributed by atoms with van der Waals surface area (Å²) in [6.07, 6.45) is 0.0845. The van der Waals surface area contributed by atoms with Crippen molar-refractivity contribution in [2.75, 3.05) is 10.2 Å². The normalized spacial score (nSPS) is 10.4. The van der Waals surface area contributed by atoms with E-state index in [9.17, 15) is 9.18 Å². The van der Waals surface area contributed by atoms with Crippen LogP contribution in [0.2, 0.25) is 0 Å². The number of benzene rings is 3. The van der Waals surface area contributed by atoms with Crippen LogP contribution in [0.4, 0.5) is 21.5 Å². The Morgan fingerprint density at radius 1 is 1.04 bits per heavy atom. The van der Waals surface area contributed by atoms with Crippen LogP contribution in [-0.4, -0.2) is 11.0 Å². The van der Waals surface area contributed by atoms with Crippen LogP contribution in [0.3, 0.4) is 0 Å². The maximum absolute atomic E-state index is 13.6. The summed E-state index contributed by atoms with van der Waals surface area (Å²) >= 11 is 5.67. The van der Waals surface area contributed by atoms with Crippen LogP contribution in [0, 0.1) is 12.7 Å². The molecule has 3 rings (SSSR count). The van der Waals surface area contributed by atoms with E-state index in [4.69, 9.17) is 18.0 Å². The number of halogens is 1. The Morgan fingerprint density at radius 2 is 1.71 bits per heavy atom. The van der Waals surface area contributed by atoms with Gasteiger partial charge in [-0.2, -0.15) is 0 Å². The second-order valence-corrected chi connectivity index (χ2v) is 6.72. The minimum absolute atomic E-state index is 0.0845. The second-order valence-electron chi connectivity index (χ2n) is 6.33. The molecule has 0 fully saturated rings. The van der Waals surface area contributed by atoms with Gasteiger partial charge in [-0.05, 0) is 60.6 Å². The molecule has 0 heterocycles. The summed E-state index contributed by atoms with van der Waals surface area (Å²) in [5, 5.41) is 3.45. The highest BCUT2D eigenvalue weighted by Crippen LogP contribution is 2.32. The number of nitrogens with two attached hydrogens (primary N) is 1. The highest BCUT2D eigenvalue weighted by Gasteiger charge is 2.20. The minimum Gasteiger partial charge on any atom is -0.369 e. The van der Waals surface area contributed by atoms with E-state index in [2.05, 4.69) is 5.32 Å². The molecule has 142 valence electrons. The zero-order valence-corrected chi connectivity index (χ0v) is 16.2. The van der Waals surface area contributed by atoms with Gasteiger partial charge in [-0.1, -0.05) is 42.5 Å². The predicted molar refractivity (Wildman–Crippen MR) is 115 cm³/mol. The average molecular weight is 393 g/mol. The third-order valence-corrected chi connectivity index (χ3v) is 4.52. The summed E-state index contributed by atoms with van der Waals surface area (Å²) in [5.41, 5.74) is 9.32. The molecule has 0 aromatic heterocycles. The predicted octanol–water partition coefficient (Wildman–Crippen LogP) is 4.70. The molecule has 0 aliphatic heterocycles. The van der Waals surface area contributed by atoms with Crippen molar-refractivity contribution in [2.45, 2.75) is 13.3 Å². The summed E-state index contributed by atoms with van der Waals surface area (Å²) in [4.78, 5) is 13.4. The van der Waals surface area contributed by atoms with Crippen molar-refractivity contribution < 1.29 is 9.18 Å². The van der Waals surface area contributed by atoms with Gasteiger partial charge in [-0.3, -0.25) is 9.69 Å². The molecule has 0 bridgehead atoms. The number of thiocarbonyl (C=S) groups is 1. The first-order valence-corrected chi connectivity index (χ1v) is 9.15. The first-order chi connectivity index (χ1) is 13.5. The number of carbonyl (C=O) groups excluding carboxylic acids is 1. The molecule has 0 aliphatic carbocycles. The number of anilines is 3. The van der Waals surface area contributed by atoms with Gasteiger partial charge in [-0.25, -0.2) is 4.39 Å². The Kier molecular flexibility index (Phi) is 6.01. The van der Waals surface area contributed by atoms with Gasteiger partial charge in [0.15, 0.2) is 5.11 Å². The van der Waals surface area contributed by atoms with Crippen molar-refractivity contribution in [3.8, 4) is 0 Å². The van der Waals surface area contributed by atoms with Gasteiger partial charge in [0.1, 0.15) is 5.82 Å². The van der Waals surface area contributed by atoms with Crippen LogP contribution < -0.4 is 16.0 Å². The number of aryl methyl sites for hydroxylation is 1. The molecule has 0 saturated heterocycles. The minimum atomic E-state index is -0.429. The lowest BCUT2D eigenvalue weighted by atomic mass is 10.1. The van der Waals surface area contributed by atoms with Crippen LogP contribution in [0.25, 0.3) is 0 Å². The van der Waals surface area contributed by atoms with Crippen molar-refractivity contribution in [3.05, 3.63) is 89.7 Å². The largest absolute Gasteiger partial charge is 0.369 e. The van der Waals surface area contributed by atoms with Gasteiger partial charge in [0.05, 0.1) is 17.8 Å². The molecule has 0 saturated carbocycles. The molecule has 28 heavy (non-hydrogen) atoms. The maximum atomic E-state index is 13.6. The molecule has 0 atom stereocenters. The lowest BCUT2D eigenvalue weighted by molar-refractivity contribution is -0.117. The number of nitrogens with zero attached hydrogens (tertiary/aromatic N) is 1. The Labute approximate surface area is 168 Å². The summed E-state index contributed by atoms with van der Waals surface area (Å²) in [6.45, 7) is 1.98. The zero-order valence-electron chi connectivity index (χ0n) is 15.4. The fourth-order valence-electron chi connectivity index (χ4n) is 2.97. The van der Waals surface area contributed by atoms with Gasteiger partial charge >= 0.3 is 0 Å². The van der Waals surface area contributed by atoms with Crippen LogP contribution in [0.15, 0.2) is 72.8 Å². The second kappa shape index (κ2) is 8.63. The molecule has 0 spiro atoms. The van der Waals surface area contributed by atoms with E-state index in [0.717, 1.165) is 22.5 Å². The van der Waals surface area contributed by atoms with Crippen LogP contribution in [0.5, 0.6) is 0 Å². The number of nitrogens with one attached hydrogen (secondary N) is 1. The van der Waals surface area contributed by atoms with E-state index in [1.807, 2.05) is 60.4 Å². The Morgan fingerprint density at radius 3 is 2.39 bits per heavy atom. The lowest BCUT2D eigenvalue weighted by Gasteiger charge is -2.29. The third-order valence-electron chi connectivity index (χ3n) is 4.23. The molecule has 3 aromatic rings. The lowest BCUT2D eigenvalue weighted by Crippen LogP contribution is -2.32. The molecule has 4 nitrogen and oxygen atoms in total. The standard InChI is InChI=1S/C22H20FN3OS/c1-15-7-2-4-11-19(15)26(20-12-5-3-8-16(20)13-21(24)27)22(28)25-18-10-6-9-17(23)14-18/h2-12,14H,13H2,1H3,(H2,24,27)(H,25,28). The number of primary amides is 1. The zero-order chi connectivity index (χ0) is 20.1. The average Bonchev–Trinajstić information content (AvgIpc) is 2.64. The fourth-order valence-corrected chi connectivity index (χ4v) is 3.29. The third kappa shape index (κ3) is 4.53. The summed E-state index contributed by atoms with van der Waals surface area (Å²) in [7, 11) is 0. The first-order valence-electron chi connectivity index (χ1n) is 8.74. The highest BCUT2D eigenvalue weighted by molar-refractivity contribution is 7.80.